The Morgan fingerprint density at radius 1 is 0.966 bits per heavy atom. The molecule has 6 heteroatoms. The minimum absolute atomic E-state index is 0.701. The molecule has 0 aliphatic rings. The predicted molar refractivity (Wildman–Crippen MR) is 118 cm³/mol. The van der Waals surface area contributed by atoms with Gasteiger partial charge in [0.2, 0.25) is 0 Å². The fraction of sp³-hybridized carbons (Fsp3) is 0.174. The number of aryl methyl sites for hydroxylation is 1. The van der Waals surface area contributed by atoms with Crippen LogP contribution in [0.1, 0.15) is 27.4 Å². The monoisotopic (exact) mass is 416 g/mol. The van der Waals surface area contributed by atoms with Gasteiger partial charge >= 0.3 is 0 Å². The van der Waals surface area contributed by atoms with Gasteiger partial charge < -0.3 is 4.57 Å². The van der Waals surface area contributed by atoms with Crippen LogP contribution >= 0.6 is 23.1 Å². The van der Waals surface area contributed by atoms with Crippen molar-refractivity contribution in [3.63, 3.8) is 0 Å². The van der Waals surface area contributed by atoms with Crippen molar-refractivity contribution in [3.05, 3.63) is 99.5 Å². The molecule has 0 radical (unpaired) electrons. The van der Waals surface area contributed by atoms with Gasteiger partial charge in [-0.15, -0.1) is 21.5 Å². The minimum Gasteiger partial charge on any atom is -0.305 e. The van der Waals surface area contributed by atoms with Gasteiger partial charge in [-0.2, -0.15) is 5.26 Å². The fourth-order valence-corrected chi connectivity index (χ4v) is 4.82. The van der Waals surface area contributed by atoms with Crippen molar-refractivity contribution in [2.24, 2.45) is 0 Å². The van der Waals surface area contributed by atoms with Crippen LogP contribution in [0.3, 0.4) is 0 Å². The number of aromatic nitrogens is 3. The molecule has 0 saturated carbocycles. The first kappa shape index (κ1) is 19.4. The lowest BCUT2D eigenvalue weighted by atomic mass is 10.1. The van der Waals surface area contributed by atoms with E-state index < -0.39 is 0 Å². The maximum atomic E-state index is 9.34. The van der Waals surface area contributed by atoms with Crippen molar-refractivity contribution in [2.75, 3.05) is 0 Å². The van der Waals surface area contributed by atoms with Gasteiger partial charge in [-0.3, -0.25) is 0 Å². The Bertz CT molecular complexity index is 1100. The minimum atomic E-state index is 0.701. The third kappa shape index (κ3) is 4.94. The molecule has 144 valence electrons. The van der Waals surface area contributed by atoms with E-state index in [2.05, 4.69) is 62.6 Å². The summed E-state index contributed by atoms with van der Waals surface area (Å²) >= 11 is 3.38. The van der Waals surface area contributed by atoms with Crippen molar-refractivity contribution >= 4 is 23.1 Å². The summed E-state index contributed by atoms with van der Waals surface area (Å²) in [6.45, 7) is 0.833. The predicted octanol–water partition coefficient (Wildman–Crippen LogP) is 5.34. The maximum absolute atomic E-state index is 9.34. The highest BCUT2D eigenvalue weighted by Crippen LogP contribution is 2.25. The molecule has 2 heterocycles. The Morgan fingerprint density at radius 3 is 2.59 bits per heavy atom. The molecule has 4 rings (SSSR count). The number of thiophene rings is 1. The molecule has 0 atom stereocenters. The first-order chi connectivity index (χ1) is 14.3. The summed E-state index contributed by atoms with van der Waals surface area (Å²) in [6.07, 6.45) is 1.72. The molecule has 0 amide bonds. The van der Waals surface area contributed by atoms with Crippen LogP contribution in [0.5, 0.6) is 0 Å². The van der Waals surface area contributed by atoms with E-state index in [1.807, 2.05) is 30.3 Å². The highest BCUT2D eigenvalue weighted by atomic mass is 32.2. The van der Waals surface area contributed by atoms with Crippen LogP contribution in [0.2, 0.25) is 0 Å². The highest BCUT2D eigenvalue weighted by molar-refractivity contribution is 7.98. The van der Waals surface area contributed by atoms with Crippen LogP contribution in [0, 0.1) is 11.3 Å². The molecule has 2 aromatic heterocycles. The summed E-state index contributed by atoms with van der Waals surface area (Å²) in [5, 5.41) is 21.3. The molecule has 2 aromatic carbocycles. The van der Waals surface area contributed by atoms with Crippen molar-refractivity contribution in [2.45, 2.75) is 30.3 Å². The smallest absolute Gasteiger partial charge is 0.191 e. The standard InChI is InChI=1S/C23H20N4S2/c24-16-19-9-4-5-10-20(19)17-29-23-26-25-22(15-21-11-6-14-28-21)27(23)13-12-18-7-2-1-3-8-18/h1-11,14H,12-13,15,17H2. The molecule has 0 aliphatic carbocycles. The second-order valence-electron chi connectivity index (χ2n) is 6.60. The van der Waals surface area contributed by atoms with Gasteiger partial charge in [-0.05, 0) is 35.1 Å². The van der Waals surface area contributed by atoms with Crippen LogP contribution in [0.4, 0.5) is 0 Å². The van der Waals surface area contributed by atoms with E-state index in [1.165, 1.54) is 10.4 Å². The molecular weight excluding hydrogens is 396 g/mol. The van der Waals surface area contributed by atoms with Gasteiger partial charge in [0.05, 0.1) is 11.6 Å². The summed E-state index contributed by atoms with van der Waals surface area (Å²) in [6, 6.07) is 24.7. The number of nitriles is 1. The van der Waals surface area contributed by atoms with Crippen molar-refractivity contribution < 1.29 is 0 Å². The zero-order valence-electron chi connectivity index (χ0n) is 15.9. The summed E-state index contributed by atoms with van der Waals surface area (Å²) in [5.74, 6) is 1.69. The number of hydrogen-bond acceptors (Lipinski definition) is 5. The van der Waals surface area contributed by atoms with E-state index >= 15 is 0 Å². The van der Waals surface area contributed by atoms with Gasteiger partial charge in [0.25, 0.3) is 0 Å². The van der Waals surface area contributed by atoms with Gasteiger partial charge in [-0.25, -0.2) is 0 Å². The first-order valence-corrected chi connectivity index (χ1v) is 11.3. The normalized spacial score (nSPS) is 10.7. The molecule has 0 spiro atoms. The van der Waals surface area contributed by atoms with E-state index in [-0.39, 0.29) is 0 Å². The third-order valence-electron chi connectivity index (χ3n) is 4.67. The Labute approximate surface area is 178 Å². The van der Waals surface area contributed by atoms with Crippen molar-refractivity contribution in [3.8, 4) is 6.07 Å². The molecule has 0 saturated heterocycles. The molecule has 0 fully saturated rings. The zero-order valence-corrected chi connectivity index (χ0v) is 17.5. The van der Waals surface area contributed by atoms with Crippen LogP contribution in [-0.4, -0.2) is 14.8 Å². The zero-order chi connectivity index (χ0) is 19.9. The lowest BCUT2D eigenvalue weighted by molar-refractivity contribution is 0.610. The van der Waals surface area contributed by atoms with E-state index in [1.54, 1.807) is 23.1 Å². The second kappa shape index (κ2) is 9.55. The molecule has 0 N–H and O–H groups in total. The van der Waals surface area contributed by atoms with Crippen molar-refractivity contribution in [1.29, 1.82) is 5.26 Å². The highest BCUT2D eigenvalue weighted by Gasteiger charge is 2.14. The number of benzene rings is 2. The number of thioether (sulfide) groups is 1. The number of rotatable bonds is 8. The molecule has 0 aliphatic heterocycles. The quantitative estimate of drug-likeness (QED) is 0.364. The SMILES string of the molecule is N#Cc1ccccc1CSc1nnc(Cc2cccs2)n1CCc1ccccc1. The summed E-state index contributed by atoms with van der Waals surface area (Å²) in [7, 11) is 0. The lowest BCUT2D eigenvalue weighted by Crippen LogP contribution is -2.08. The van der Waals surface area contributed by atoms with Gasteiger partial charge in [0.1, 0.15) is 5.82 Å². The van der Waals surface area contributed by atoms with Gasteiger partial charge in [0, 0.05) is 23.6 Å². The van der Waals surface area contributed by atoms with Crippen LogP contribution in [0.25, 0.3) is 0 Å². The Hall–Kier alpha value is -2.88. The van der Waals surface area contributed by atoms with Gasteiger partial charge in [0.15, 0.2) is 5.16 Å². The van der Waals surface area contributed by atoms with E-state index in [0.717, 1.165) is 35.9 Å². The van der Waals surface area contributed by atoms with E-state index in [9.17, 15) is 5.26 Å². The maximum Gasteiger partial charge on any atom is 0.191 e. The number of nitrogens with zero attached hydrogens (tertiary/aromatic N) is 4. The third-order valence-corrected chi connectivity index (χ3v) is 6.56. The van der Waals surface area contributed by atoms with Crippen LogP contribution in [0.15, 0.2) is 77.3 Å². The average molecular weight is 417 g/mol. The van der Waals surface area contributed by atoms with Gasteiger partial charge in [-0.1, -0.05) is 66.4 Å². The molecule has 0 unspecified atom stereocenters. The summed E-state index contributed by atoms with van der Waals surface area (Å²) in [4.78, 5) is 1.28. The first-order valence-electron chi connectivity index (χ1n) is 9.42. The summed E-state index contributed by atoms with van der Waals surface area (Å²) in [5.41, 5.74) is 3.04. The molecule has 29 heavy (non-hydrogen) atoms. The average Bonchev–Trinajstić information content (AvgIpc) is 3.42. The molecule has 0 bridgehead atoms. The van der Waals surface area contributed by atoms with Crippen LogP contribution in [-0.2, 0) is 25.1 Å². The van der Waals surface area contributed by atoms with E-state index in [4.69, 9.17) is 0 Å². The fourth-order valence-electron chi connectivity index (χ4n) is 3.13. The summed E-state index contributed by atoms with van der Waals surface area (Å²) < 4.78 is 2.23. The second-order valence-corrected chi connectivity index (χ2v) is 8.57. The van der Waals surface area contributed by atoms with Crippen LogP contribution < -0.4 is 0 Å². The molecule has 4 aromatic rings. The largest absolute Gasteiger partial charge is 0.305 e. The lowest BCUT2D eigenvalue weighted by Gasteiger charge is -2.10. The number of hydrogen-bond donors (Lipinski definition) is 0. The Kier molecular flexibility index (Phi) is 6.40. The topological polar surface area (TPSA) is 54.5 Å². The van der Waals surface area contributed by atoms with Crippen molar-refractivity contribution in [1.82, 2.24) is 14.8 Å². The van der Waals surface area contributed by atoms with E-state index in [0.29, 0.717) is 11.3 Å². The molecule has 4 nitrogen and oxygen atoms in total. The Balaban J connectivity index is 1.55. The Morgan fingerprint density at radius 2 is 1.79 bits per heavy atom. The molecular formula is C23H20N4S2.